The summed E-state index contributed by atoms with van der Waals surface area (Å²) in [6.45, 7) is 0. The molecule has 1 aromatic heterocycles. The molecule has 0 amide bonds. The van der Waals surface area contributed by atoms with E-state index in [0.717, 1.165) is 0 Å². The quantitative estimate of drug-likeness (QED) is 0.305. The number of nitrogens with two attached hydrogens (primary N) is 1. The van der Waals surface area contributed by atoms with Gasteiger partial charge in [0.25, 0.3) is 5.56 Å². The van der Waals surface area contributed by atoms with Crippen LogP contribution in [0.3, 0.4) is 0 Å². The average Bonchev–Trinajstić information content (AvgIpc) is 2.91. The van der Waals surface area contributed by atoms with Gasteiger partial charge in [-0.15, -0.1) is 0 Å². The van der Waals surface area contributed by atoms with Crippen LogP contribution in [-0.4, -0.2) is 46.1 Å². The highest BCUT2D eigenvalue weighted by atomic mass is 16.5. The molecule has 0 spiro atoms. The number of fused-ring (bicyclic) bond motifs is 1. The summed E-state index contributed by atoms with van der Waals surface area (Å²) in [6, 6.07) is 15.3. The number of hydrogen-bond donors (Lipinski definition) is 1. The Morgan fingerprint density at radius 3 is 1.92 bits per heavy atom. The van der Waals surface area contributed by atoms with Crippen LogP contribution in [0.5, 0.6) is 23.0 Å². The van der Waals surface area contributed by atoms with Crippen molar-refractivity contribution in [2.45, 2.75) is 0 Å². The second-order valence-electron chi connectivity index (χ2n) is 7.74. The second-order valence-corrected chi connectivity index (χ2v) is 7.74. The van der Waals surface area contributed by atoms with Gasteiger partial charge in [-0.05, 0) is 47.3 Å². The highest BCUT2D eigenvalue weighted by Gasteiger charge is 2.27. The lowest BCUT2D eigenvalue weighted by molar-refractivity contribution is 0.0591. The molecule has 4 rings (SSSR count). The highest BCUT2D eigenvalue weighted by molar-refractivity contribution is 6.07. The van der Waals surface area contributed by atoms with Crippen molar-refractivity contribution < 1.29 is 28.5 Å². The van der Waals surface area contributed by atoms with Crippen LogP contribution >= 0.6 is 0 Å². The molecule has 0 atom stereocenters. The molecule has 0 saturated heterocycles. The molecule has 0 aliphatic rings. The van der Waals surface area contributed by atoms with Crippen molar-refractivity contribution in [3.8, 4) is 39.8 Å². The summed E-state index contributed by atoms with van der Waals surface area (Å²) in [6.07, 6.45) is 0. The number of nitrogen functional groups attached to an aromatic ring is 1. The molecule has 9 heteroatoms. The number of ether oxygens (including phenoxy) is 5. The van der Waals surface area contributed by atoms with E-state index in [0.29, 0.717) is 56.3 Å². The van der Waals surface area contributed by atoms with Gasteiger partial charge in [-0.25, -0.2) is 4.79 Å². The third-order valence-corrected chi connectivity index (χ3v) is 5.89. The normalized spacial score (nSPS) is 10.7. The van der Waals surface area contributed by atoms with Gasteiger partial charge in [-0.2, -0.15) is 0 Å². The summed E-state index contributed by atoms with van der Waals surface area (Å²) < 4.78 is 28.2. The van der Waals surface area contributed by atoms with E-state index in [-0.39, 0.29) is 5.69 Å². The fourth-order valence-corrected chi connectivity index (χ4v) is 4.26. The summed E-state index contributed by atoms with van der Waals surface area (Å²) in [5, 5.41) is 0.943. The third-order valence-electron chi connectivity index (χ3n) is 5.89. The number of methoxy groups -OCH3 is 5. The maximum Gasteiger partial charge on any atom is 0.355 e. The molecule has 4 aromatic rings. The molecule has 1 heterocycles. The first-order valence-electron chi connectivity index (χ1n) is 10.9. The van der Waals surface area contributed by atoms with Crippen LogP contribution in [0.15, 0.2) is 59.4 Å². The Labute approximate surface area is 207 Å². The fraction of sp³-hybridized carbons (Fsp3) is 0.185. The van der Waals surface area contributed by atoms with E-state index in [2.05, 4.69) is 0 Å². The topological polar surface area (TPSA) is 111 Å². The molecule has 0 saturated carbocycles. The number of rotatable bonds is 7. The Morgan fingerprint density at radius 1 is 0.778 bits per heavy atom. The molecular formula is C27H26N2O7. The fourth-order valence-electron chi connectivity index (χ4n) is 4.26. The van der Waals surface area contributed by atoms with Gasteiger partial charge in [0.2, 0.25) is 5.75 Å². The van der Waals surface area contributed by atoms with Crippen molar-refractivity contribution in [1.82, 2.24) is 4.57 Å². The number of nitrogens with zero attached hydrogens (tertiary/aromatic N) is 1. The Bertz CT molecular complexity index is 1500. The zero-order chi connectivity index (χ0) is 26.0. The monoisotopic (exact) mass is 490 g/mol. The minimum absolute atomic E-state index is 0.0139. The minimum Gasteiger partial charge on any atom is -0.495 e. The maximum atomic E-state index is 13.8. The van der Waals surface area contributed by atoms with Gasteiger partial charge in [0.1, 0.15) is 11.4 Å². The number of carbonyl (C=O) groups is 1. The largest absolute Gasteiger partial charge is 0.495 e. The van der Waals surface area contributed by atoms with Gasteiger partial charge >= 0.3 is 5.97 Å². The molecule has 0 bridgehead atoms. The van der Waals surface area contributed by atoms with E-state index in [4.69, 9.17) is 29.4 Å². The Hall–Kier alpha value is -4.66. The zero-order valence-electron chi connectivity index (χ0n) is 20.6. The average molecular weight is 491 g/mol. The van der Waals surface area contributed by atoms with Crippen LogP contribution in [0.2, 0.25) is 0 Å². The number of benzene rings is 3. The van der Waals surface area contributed by atoms with E-state index in [1.807, 2.05) is 0 Å². The van der Waals surface area contributed by atoms with Gasteiger partial charge in [0.05, 0.1) is 46.9 Å². The zero-order valence-corrected chi connectivity index (χ0v) is 20.6. The summed E-state index contributed by atoms with van der Waals surface area (Å²) in [4.78, 5) is 27.1. The highest BCUT2D eigenvalue weighted by Crippen LogP contribution is 2.43. The van der Waals surface area contributed by atoms with Crippen LogP contribution in [0, 0.1) is 0 Å². The lowest BCUT2D eigenvalue weighted by Crippen LogP contribution is -2.27. The minimum atomic E-state index is -0.712. The van der Waals surface area contributed by atoms with Crippen molar-refractivity contribution in [3.05, 3.63) is 70.6 Å². The first-order valence-corrected chi connectivity index (χ1v) is 10.9. The molecule has 0 unspecified atom stereocenters. The van der Waals surface area contributed by atoms with Gasteiger partial charge in [-0.1, -0.05) is 18.2 Å². The van der Waals surface area contributed by atoms with Crippen LogP contribution in [0.1, 0.15) is 10.5 Å². The molecule has 9 nitrogen and oxygen atoms in total. The van der Waals surface area contributed by atoms with Gasteiger partial charge < -0.3 is 29.4 Å². The third kappa shape index (κ3) is 3.94. The van der Waals surface area contributed by atoms with Crippen molar-refractivity contribution in [3.63, 3.8) is 0 Å². The van der Waals surface area contributed by atoms with Gasteiger partial charge in [-0.3, -0.25) is 9.36 Å². The maximum absolute atomic E-state index is 13.8. The molecule has 2 N–H and O–H groups in total. The molecule has 0 radical (unpaired) electrons. The smallest absolute Gasteiger partial charge is 0.355 e. The van der Waals surface area contributed by atoms with E-state index in [1.54, 1.807) is 54.6 Å². The number of aromatic nitrogens is 1. The van der Waals surface area contributed by atoms with Crippen LogP contribution in [-0.2, 0) is 4.74 Å². The lowest BCUT2D eigenvalue weighted by Gasteiger charge is -2.21. The van der Waals surface area contributed by atoms with Gasteiger partial charge in [0, 0.05) is 10.9 Å². The van der Waals surface area contributed by atoms with Crippen molar-refractivity contribution in [1.29, 1.82) is 0 Å². The molecule has 186 valence electrons. The molecule has 0 aliphatic carbocycles. The van der Waals surface area contributed by atoms with E-state index >= 15 is 0 Å². The SMILES string of the molecule is COC(=O)c1c(-c2cc(OC)c(OC)c(OC)c2)c2ccccc2c(=O)n1-c1ccc(OC)c(N)c1. The Balaban J connectivity index is 2.22. The summed E-state index contributed by atoms with van der Waals surface area (Å²) in [5.74, 6) is 0.897. The number of carbonyl (C=O) groups excluding carboxylic acids is 1. The number of anilines is 1. The second kappa shape index (κ2) is 9.91. The first-order chi connectivity index (χ1) is 17.4. The van der Waals surface area contributed by atoms with E-state index in [9.17, 15) is 9.59 Å². The van der Waals surface area contributed by atoms with Gasteiger partial charge in [0.15, 0.2) is 11.5 Å². The lowest BCUT2D eigenvalue weighted by atomic mass is 9.95. The summed E-state index contributed by atoms with van der Waals surface area (Å²) in [5.41, 5.74) is 7.43. The van der Waals surface area contributed by atoms with Crippen molar-refractivity contribution >= 4 is 22.4 Å². The summed E-state index contributed by atoms with van der Waals surface area (Å²) in [7, 11) is 7.26. The van der Waals surface area contributed by atoms with E-state index < -0.39 is 11.5 Å². The summed E-state index contributed by atoms with van der Waals surface area (Å²) >= 11 is 0. The predicted octanol–water partition coefficient (Wildman–Crippen LogP) is 4.06. The Morgan fingerprint density at radius 2 is 1.39 bits per heavy atom. The van der Waals surface area contributed by atoms with Crippen LogP contribution in [0.4, 0.5) is 5.69 Å². The number of hydrogen-bond acceptors (Lipinski definition) is 8. The predicted molar refractivity (Wildman–Crippen MR) is 137 cm³/mol. The molecule has 36 heavy (non-hydrogen) atoms. The Kier molecular flexibility index (Phi) is 6.73. The van der Waals surface area contributed by atoms with Crippen LogP contribution in [0.25, 0.3) is 27.6 Å². The standard InChI is InChI=1S/C27H26N2O7/c1-32-20-11-10-16(14-19(20)28)29-24(27(31)36-5)23(17-8-6-7-9-18(17)26(29)30)15-12-21(33-2)25(35-4)22(13-15)34-3/h6-14H,28H2,1-5H3. The molecule has 0 aliphatic heterocycles. The van der Waals surface area contributed by atoms with Crippen molar-refractivity contribution in [2.24, 2.45) is 0 Å². The van der Waals surface area contributed by atoms with Crippen LogP contribution < -0.4 is 30.2 Å². The van der Waals surface area contributed by atoms with Crippen molar-refractivity contribution in [2.75, 3.05) is 41.3 Å². The number of esters is 1. The van der Waals surface area contributed by atoms with E-state index in [1.165, 1.54) is 40.1 Å². The first kappa shape index (κ1) is 24.5. The molecule has 0 fully saturated rings. The molecular weight excluding hydrogens is 464 g/mol. The molecule has 3 aromatic carbocycles. The number of pyridine rings is 1.